The van der Waals surface area contributed by atoms with Crippen molar-refractivity contribution in [3.8, 4) is 0 Å². The molecule has 0 heterocycles. The van der Waals surface area contributed by atoms with Gasteiger partial charge in [-0.15, -0.1) is 0 Å². The first-order chi connectivity index (χ1) is 12.6. The van der Waals surface area contributed by atoms with E-state index in [2.05, 4.69) is 10.6 Å². The van der Waals surface area contributed by atoms with E-state index in [-0.39, 0.29) is 17.8 Å². The molecule has 2 aromatic carbocycles. The fourth-order valence-electron chi connectivity index (χ4n) is 2.72. The zero-order chi connectivity index (χ0) is 18.4. The van der Waals surface area contributed by atoms with E-state index >= 15 is 0 Å². The molecular weight excluding hydrogens is 330 g/mol. The quantitative estimate of drug-likeness (QED) is 0.616. The first-order valence-corrected chi connectivity index (χ1v) is 8.19. The number of amides is 2. The molecule has 1 aliphatic rings. The number of non-ortho nitro benzene ring substituents is 1. The maximum absolute atomic E-state index is 12.4. The van der Waals surface area contributed by atoms with E-state index in [1.54, 1.807) is 0 Å². The van der Waals surface area contributed by atoms with Gasteiger partial charge >= 0.3 is 6.03 Å². The largest absolute Gasteiger partial charge is 0.334 e. The van der Waals surface area contributed by atoms with Gasteiger partial charge in [-0.05, 0) is 49.8 Å². The molecule has 5 radical (unpaired) electrons. The summed E-state index contributed by atoms with van der Waals surface area (Å²) in [4.78, 5) is 22.6. The number of nitro benzene ring substituents is 1. The number of nitrogens with zero attached hydrogens (tertiary/aromatic N) is 1. The summed E-state index contributed by atoms with van der Waals surface area (Å²) in [7, 11) is 0. The van der Waals surface area contributed by atoms with Crippen LogP contribution in [0.3, 0.4) is 0 Å². The van der Waals surface area contributed by atoms with Crippen LogP contribution in [0.5, 0.6) is 0 Å². The third-order valence-corrected chi connectivity index (χ3v) is 4.01. The lowest BCUT2D eigenvalue weighted by Crippen LogP contribution is -2.42. The summed E-state index contributed by atoms with van der Waals surface area (Å²) < 4.78 is 0. The molecule has 1 saturated carbocycles. The molecule has 2 N–H and O–H groups in total. The molecule has 6 nitrogen and oxygen atoms in total. The smallest absolute Gasteiger partial charge is 0.319 e. The van der Waals surface area contributed by atoms with E-state index in [9.17, 15) is 14.9 Å². The van der Waals surface area contributed by atoms with Crippen LogP contribution in [0.2, 0.25) is 0 Å². The first-order valence-electron chi connectivity index (χ1n) is 8.19. The molecule has 2 aromatic rings. The van der Waals surface area contributed by atoms with Crippen LogP contribution >= 0.6 is 0 Å². The van der Waals surface area contributed by atoms with Gasteiger partial charge in [-0.3, -0.25) is 10.1 Å². The van der Waals surface area contributed by atoms with E-state index in [1.165, 1.54) is 24.3 Å². The van der Waals surface area contributed by atoms with E-state index in [1.807, 2.05) is 56.0 Å². The van der Waals surface area contributed by atoms with Gasteiger partial charge in [-0.25, -0.2) is 4.79 Å². The second-order valence-corrected chi connectivity index (χ2v) is 5.86. The predicted octanol–water partition coefficient (Wildman–Crippen LogP) is 3.73. The van der Waals surface area contributed by atoms with Crippen LogP contribution in [0.1, 0.15) is 5.56 Å². The molecule has 6 heteroatoms. The van der Waals surface area contributed by atoms with Crippen molar-refractivity contribution in [2.75, 3.05) is 5.32 Å². The maximum Gasteiger partial charge on any atom is 0.319 e. The van der Waals surface area contributed by atoms with Crippen molar-refractivity contribution in [3.05, 3.63) is 102 Å². The molecular formula is C20H18N3O3. The number of anilines is 1. The van der Waals surface area contributed by atoms with Gasteiger partial charge in [0.15, 0.2) is 0 Å². The summed E-state index contributed by atoms with van der Waals surface area (Å²) in [5, 5.41) is 16.4. The highest BCUT2D eigenvalue weighted by Gasteiger charge is 2.28. The van der Waals surface area contributed by atoms with Gasteiger partial charge in [-0.2, -0.15) is 0 Å². The van der Waals surface area contributed by atoms with Crippen molar-refractivity contribution in [1.29, 1.82) is 0 Å². The van der Waals surface area contributed by atoms with E-state index in [4.69, 9.17) is 0 Å². The minimum Gasteiger partial charge on any atom is -0.334 e. The molecule has 1 atom stereocenters. The van der Waals surface area contributed by atoms with Gasteiger partial charge in [0.25, 0.3) is 5.69 Å². The monoisotopic (exact) mass is 348 g/mol. The van der Waals surface area contributed by atoms with Crippen LogP contribution in [-0.4, -0.2) is 17.0 Å². The highest BCUT2D eigenvalue weighted by Crippen LogP contribution is 2.28. The summed E-state index contributed by atoms with van der Waals surface area (Å²) in [6.45, 7) is 0. The maximum atomic E-state index is 12.4. The molecule has 0 aromatic heterocycles. The zero-order valence-electron chi connectivity index (χ0n) is 14.0. The minimum absolute atomic E-state index is 0.0188. The lowest BCUT2D eigenvalue weighted by molar-refractivity contribution is -0.384. The summed E-state index contributed by atoms with van der Waals surface area (Å²) in [5.41, 5.74) is 1.60. The Morgan fingerprint density at radius 2 is 1.65 bits per heavy atom. The Morgan fingerprint density at radius 3 is 2.27 bits per heavy atom. The van der Waals surface area contributed by atoms with E-state index < -0.39 is 4.92 Å². The molecule has 0 spiro atoms. The lowest BCUT2D eigenvalue weighted by Gasteiger charge is -2.24. The van der Waals surface area contributed by atoms with Crippen molar-refractivity contribution in [2.45, 2.75) is 12.5 Å². The van der Waals surface area contributed by atoms with Crippen molar-refractivity contribution >= 4 is 17.4 Å². The van der Waals surface area contributed by atoms with Gasteiger partial charge in [-0.1, -0.05) is 30.3 Å². The molecule has 3 rings (SSSR count). The number of hydrogen-bond donors (Lipinski definition) is 2. The van der Waals surface area contributed by atoms with Crippen LogP contribution < -0.4 is 10.6 Å². The van der Waals surface area contributed by atoms with Gasteiger partial charge in [0.05, 0.1) is 4.92 Å². The Bertz CT molecular complexity index is 741. The third-order valence-electron chi connectivity index (χ3n) is 4.01. The Hall–Kier alpha value is -2.89. The zero-order valence-corrected chi connectivity index (χ0v) is 14.0. The highest BCUT2D eigenvalue weighted by molar-refractivity contribution is 5.89. The van der Waals surface area contributed by atoms with Crippen LogP contribution in [-0.2, 0) is 6.42 Å². The average molecular weight is 348 g/mol. The highest BCUT2D eigenvalue weighted by atomic mass is 16.6. The van der Waals surface area contributed by atoms with Crippen LogP contribution in [0.4, 0.5) is 16.2 Å². The number of urea groups is 1. The van der Waals surface area contributed by atoms with Crippen molar-refractivity contribution < 1.29 is 9.72 Å². The number of nitrogens with one attached hydrogen (secondary N) is 2. The summed E-state index contributed by atoms with van der Waals surface area (Å²) in [6, 6.07) is 15.1. The summed E-state index contributed by atoms with van der Waals surface area (Å²) in [5.74, 6) is 1.02. The number of hydrogen-bond acceptors (Lipinski definition) is 3. The van der Waals surface area contributed by atoms with Crippen molar-refractivity contribution in [1.82, 2.24) is 5.32 Å². The third kappa shape index (κ3) is 4.81. The van der Waals surface area contributed by atoms with Crippen LogP contribution in [0.15, 0.2) is 54.6 Å². The van der Waals surface area contributed by atoms with Crippen LogP contribution in [0.25, 0.3) is 0 Å². The second-order valence-electron chi connectivity index (χ2n) is 5.86. The topological polar surface area (TPSA) is 84.3 Å². The van der Waals surface area contributed by atoms with Crippen molar-refractivity contribution in [3.63, 3.8) is 0 Å². The number of nitro groups is 1. The Kier molecular flexibility index (Phi) is 5.84. The van der Waals surface area contributed by atoms with Crippen molar-refractivity contribution in [2.24, 2.45) is 0 Å². The SMILES string of the molecule is O=C(Nc1ccc([N+](=O)[O-])cc1)N[C@H](Cc1ccccc1)[C]1[CH][CH][CH][CH]1. The van der Waals surface area contributed by atoms with E-state index in [0.717, 1.165) is 11.5 Å². The molecule has 26 heavy (non-hydrogen) atoms. The fraction of sp³-hybridized carbons (Fsp3) is 0.100. The molecule has 0 aliphatic heterocycles. The predicted molar refractivity (Wildman–Crippen MR) is 99.6 cm³/mol. The number of rotatable bonds is 6. The molecule has 0 bridgehead atoms. The standard InChI is InChI=1S/C20H18N3O3/c24-20(21-17-10-12-18(13-11-17)23(25)26)22-19(16-8-4-5-9-16)14-15-6-2-1-3-7-15/h1-13,19H,14H2,(H2,21,22,24)/t19-/m1/s1. The number of carbonyl (C=O) groups is 1. The Morgan fingerprint density at radius 1 is 1.00 bits per heavy atom. The fourth-order valence-corrected chi connectivity index (χ4v) is 2.72. The lowest BCUT2D eigenvalue weighted by atomic mass is 9.92. The second kappa shape index (κ2) is 8.47. The minimum atomic E-state index is -0.477. The molecule has 131 valence electrons. The normalized spacial score (nSPS) is 15.4. The number of benzene rings is 2. The van der Waals surface area contributed by atoms with Gasteiger partial charge < -0.3 is 10.6 Å². The number of carbonyl (C=O) groups excluding carboxylic acids is 1. The molecule has 1 aliphatic carbocycles. The molecule has 0 saturated heterocycles. The van der Waals surface area contributed by atoms with E-state index in [0.29, 0.717) is 12.1 Å². The molecule has 0 unspecified atom stereocenters. The molecule has 1 fully saturated rings. The Balaban J connectivity index is 1.63. The van der Waals surface area contributed by atoms with Crippen LogP contribution in [0, 0.1) is 41.7 Å². The first kappa shape index (κ1) is 17.9. The summed E-state index contributed by atoms with van der Waals surface area (Å²) >= 11 is 0. The Labute approximate surface area is 152 Å². The van der Waals surface area contributed by atoms with Gasteiger partial charge in [0.1, 0.15) is 0 Å². The van der Waals surface area contributed by atoms with Gasteiger partial charge in [0.2, 0.25) is 0 Å². The molecule has 2 amide bonds. The summed E-state index contributed by atoms with van der Waals surface area (Å²) in [6.07, 6.45) is 8.48. The average Bonchev–Trinajstić information content (AvgIpc) is 3.17. The van der Waals surface area contributed by atoms with Gasteiger partial charge in [0, 0.05) is 29.8 Å².